The van der Waals surface area contributed by atoms with Gasteiger partial charge in [-0.1, -0.05) is 19.3 Å². The van der Waals surface area contributed by atoms with E-state index in [0.717, 1.165) is 24.9 Å². The Balaban J connectivity index is 2.10. The molecule has 0 spiro atoms. The largest absolute Gasteiger partial charge is 0.363 e. The van der Waals surface area contributed by atoms with E-state index < -0.39 is 0 Å². The van der Waals surface area contributed by atoms with Crippen molar-refractivity contribution in [2.45, 2.75) is 32.1 Å². The van der Waals surface area contributed by atoms with Crippen LogP contribution < -0.4 is 9.80 Å². The van der Waals surface area contributed by atoms with Gasteiger partial charge >= 0.3 is 0 Å². The molecule has 0 N–H and O–H groups in total. The lowest BCUT2D eigenvalue weighted by Crippen LogP contribution is -2.29. The van der Waals surface area contributed by atoms with Gasteiger partial charge in [-0.25, -0.2) is 4.98 Å². The fourth-order valence-corrected chi connectivity index (χ4v) is 2.19. The van der Waals surface area contributed by atoms with Crippen LogP contribution in [0.3, 0.4) is 0 Å². The van der Waals surface area contributed by atoms with Gasteiger partial charge in [0.05, 0.1) is 0 Å². The van der Waals surface area contributed by atoms with Crippen molar-refractivity contribution in [1.29, 1.82) is 0 Å². The van der Waals surface area contributed by atoms with Gasteiger partial charge in [-0.05, 0) is 18.9 Å². The lowest BCUT2D eigenvalue weighted by Gasteiger charge is -2.25. The zero-order chi connectivity index (χ0) is 12.1. The molecular formula is C13H22N4. The van der Waals surface area contributed by atoms with Crippen molar-refractivity contribution in [3.63, 3.8) is 0 Å². The highest BCUT2D eigenvalue weighted by Gasteiger charge is 2.12. The Morgan fingerprint density at radius 3 is 2.35 bits per heavy atom. The zero-order valence-electron chi connectivity index (χ0n) is 10.9. The Labute approximate surface area is 104 Å². The molecule has 0 saturated carbocycles. The van der Waals surface area contributed by atoms with Crippen LogP contribution in [0.25, 0.3) is 0 Å². The number of hydrogen-bond acceptors (Lipinski definition) is 4. The third kappa shape index (κ3) is 3.32. The molecule has 1 aliphatic rings. The minimum absolute atomic E-state index is 0.887. The summed E-state index contributed by atoms with van der Waals surface area (Å²) in [5.41, 5.74) is 0. The molecule has 0 aliphatic carbocycles. The van der Waals surface area contributed by atoms with Crippen LogP contribution in [0.4, 0.5) is 11.8 Å². The molecule has 1 fully saturated rings. The minimum Gasteiger partial charge on any atom is -0.363 e. The molecule has 1 saturated heterocycles. The van der Waals surface area contributed by atoms with E-state index in [0.29, 0.717) is 0 Å². The summed E-state index contributed by atoms with van der Waals surface area (Å²) >= 11 is 0. The number of nitrogens with zero attached hydrogens (tertiary/aromatic N) is 4. The first-order chi connectivity index (χ1) is 8.27. The van der Waals surface area contributed by atoms with Crippen molar-refractivity contribution in [3.05, 3.63) is 12.3 Å². The highest BCUT2D eigenvalue weighted by Crippen LogP contribution is 2.17. The zero-order valence-corrected chi connectivity index (χ0v) is 10.9. The molecule has 4 heteroatoms. The van der Waals surface area contributed by atoms with Crippen LogP contribution in [-0.2, 0) is 0 Å². The average Bonchev–Trinajstić information content (AvgIpc) is 2.28. The van der Waals surface area contributed by atoms with Crippen LogP contribution >= 0.6 is 0 Å². The molecule has 2 heterocycles. The van der Waals surface area contributed by atoms with Crippen molar-refractivity contribution in [1.82, 2.24) is 9.97 Å². The molecule has 2 rings (SSSR count). The Bertz CT molecular complexity index is 343. The summed E-state index contributed by atoms with van der Waals surface area (Å²) in [7, 11) is 4.03. The summed E-state index contributed by atoms with van der Waals surface area (Å²) in [4.78, 5) is 13.4. The van der Waals surface area contributed by atoms with Crippen LogP contribution in [0.1, 0.15) is 32.1 Å². The summed E-state index contributed by atoms with van der Waals surface area (Å²) in [6, 6.07) is 1.95. The van der Waals surface area contributed by atoms with Gasteiger partial charge in [0.25, 0.3) is 0 Å². The summed E-state index contributed by atoms with van der Waals surface area (Å²) in [5, 5.41) is 0. The lowest BCUT2D eigenvalue weighted by molar-refractivity contribution is 0.550. The fourth-order valence-electron chi connectivity index (χ4n) is 2.19. The van der Waals surface area contributed by atoms with Crippen molar-refractivity contribution < 1.29 is 0 Å². The maximum absolute atomic E-state index is 4.61. The van der Waals surface area contributed by atoms with Gasteiger partial charge in [-0.15, -0.1) is 0 Å². The molecule has 1 aromatic heterocycles. The van der Waals surface area contributed by atoms with Gasteiger partial charge < -0.3 is 9.80 Å². The normalized spacial score (nSPS) is 17.4. The standard InChI is InChI=1S/C13H22N4/c1-16(2)12-8-9-14-13(15-12)17-10-6-4-3-5-7-11-17/h8-9H,3-7,10-11H2,1-2H3. The van der Waals surface area contributed by atoms with Crippen LogP contribution in [0, 0.1) is 0 Å². The maximum atomic E-state index is 4.61. The quantitative estimate of drug-likeness (QED) is 0.786. The Morgan fingerprint density at radius 2 is 1.71 bits per heavy atom. The summed E-state index contributed by atoms with van der Waals surface area (Å²) < 4.78 is 0. The third-order valence-electron chi connectivity index (χ3n) is 3.23. The fraction of sp³-hybridized carbons (Fsp3) is 0.692. The van der Waals surface area contributed by atoms with E-state index in [9.17, 15) is 0 Å². The number of hydrogen-bond donors (Lipinski definition) is 0. The van der Waals surface area contributed by atoms with E-state index in [-0.39, 0.29) is 0 Å². The first-order valence-electron chi connectivity index (χ1n) is 6.53. The second-order valence-corrected chi connectivity index (χ2v) is 4.86. The van der Waals surface area contributed by atoms with Crippen LogP contribution in [0.5, 0.6) is 0 Å². The second-order valence-electron chi connectivity index (χ2n) is 4.86. The van der Waals surface area contributed by atoms with Crippen molar-refractivity contribution in [3.8, 4) is 0 Å². The second kappa shape index (κ2) is 5.84. The van der Waals surface area contributed by atoms with Crippen LogP contribution in [0.15, 0.2) is 12.3 Å². The van der Waals surface area contributed by atoms with Gasteiger partial charge in [0.1, 0.15) is 5.82 Å². The summed E-state index contributed by atoms with van der Waals surface area (Å²) in [5.74, 6) is 1.87. The van der Waals surface area contributed by atoms with E-state index in [2.05, 4.69) is 14.9 Å². The number of aromatic nitrogens is 2. The molecule has 1 aromatic rings. The first kappa shape index (κ1) is 12.1. The predicted octanol–water partition coefficient (Wildman–Crippen LogP) is 2.31. The Kier molecular flexibility index (Phi) is 4.18. The molecule has 0 aromatic carbocycles. The molecular weight excluding hydrogens is 212 g/mol. The van der Waals surface area contributed by atoms with Crippen LogP contribution in [0.2, 0.25) is 0 Å². The molecule has 94 valence electrons. The monoisotopic (exact) mass is 234 g/mol. The van der Waals surface area contributed by atoms with E-state index in [1.807, 2.05) is 31.3 Å². The molecule has 0 radical (unpaired) electrons. The van der Waals surface area contributed by atoms with E-state index in [1.165, 1.54) is 32.1 Å². The average molecular weight is 234 g/mol. The summed E-state index contributed by atoms with van der Waals surface area (Å²) in [6.45, 7) is 2.19. The highest BCUT2D eigenvalue weighted by molar-refractivity contribution is 5.42. The predicted molar refractivity (Wildman–Crippen MR) is 71.7 cm³/mol. The van der Waals surface area contributed by atoms with E-state index in [4.69, 9.17) is 0 Å². The van der Waals surface area contributed by atoms with Gasteiger partial charge in [-0.3, -0.25) is 0 Å². The number of anilines is 2. The van der Waals surface area contributed by atoms with Crippen molar-refractivity contribution >= 4 is 11.8 Å². The SMILES string of the molecule is CN(C)c1ccnc(N2CCCCCCC2)n1. The molecule has 0 unspecified atom stereocenters. The van der Waals surface area contributed by atoms with Gasteiger partial charge in [-0.2, -0.15) is 4.98 Å². The van der Waals surface area contributed by atoms with Gasteiger partial charge in [0.2, 0.25) is 5.95 Å². The topological polar surface area (TPSA) is 32.3 Å². The lowest BCUT2D eigenvalue weighted by atomic mass is 10.1. The molecule has 0 amide bonds. The summed E-state index contributed by atoms with van der Waals surface area (Å²) in [6.07, 6.45) is 8.43. The first-order valence-corrected chi connectivity index (χ1v) is 6.53. The third-order valence-corrected chi connectivity index (χ3v) is 3.23. The molecule has 1 aliphatic heterocycles. The van der Waals surface area contributed by atoms with Gasteiger partial charge in [0, 0.05) is 33.4 Å². The number of rotatable bonds is 2. The Hall–Kier alpha value is -1.32. The smallest absolute Gasteiger partial charge is 0.227 e. The maximum Gasteiger partial charge on any atom is 0.227 e. The molecule has 4 nitrogen and oxygen atoms in total. The van der Waals surface area contributed by atoms with Gasteiger partial charge in [0.15, 0.2) is 0 Å². The highest BCUT2D eigenvalue weighted by atomic mass is 15.3. The minimum atomic E-state index is 0.887. The van der Waals surface area contributed by atoms with E-state index >= 15 is 0 Å². The van der Waals surface area contributed by atoms with Crippen molar-refractivity contribution in [2.24, 2.45) is 0 Å². The van der Waals surface area contributed by atoms with E-state index in [1.54, 1.807) is 0 Å². The molecule has 17 heavy (non-hydrogen) atoms. The molecule has 0 bridgehead atoms. The molecule has 0 atom stereocenters. The van der Waals surface area contributed by atoms with Crippen molar-refractivity contribution in [2.75, 3.05) is 37.0 Å². The van der Waals surface area contributed by atoms with Crippen LogP contribution in [-0.4, -0.2) is 37.2 Å². The Morgan fingerprint density at radius 1 is 1.06 bits per heavy atom.